The van der Waals surface area contributed by atoms with Gasteiger partial charge in [-0.05, 0) is 53.7 Å². The number of carbonyl (C=O) groups is 4. The molecule has 5 rings (SSSR count). The third kappa shape index (κ3) is 6.37. The average Bonchev–Trinajstić information content (AvgIpc) is 3.52. The van der Waals surface area contributed by atoms with Crippen molar-refractivity contribution in [2.45, 2.75) is 38.8 Å². The minimum Gasteiger partial charge on any atom is -0.488 e. The highest BCUT2D eigenvalue weighted by atomic mass is 16.7. The van der Waals surface area contributed by atoms with Gasteiger partial charge in [0.15, 0.2) is 0 Å². The molecule has 11 nitrogen and oxygen atoms in total. The summed E-state index contributed by atoms with van der Waals surface area (Å²) in [7, 11) is 1.32. The van der Waals surface area contributed by atoms with Crippen LogP contribution in [0.2, 0.25) is 0 Å². The van der Waals surface area contributed by atoms with Crippen molar-refractivity contribution in [2.75, 3.05) is 33.5 Å². The van der Waals surface area contributed by atoms with Gasteiger partial charge in [0.05, 0.1) is 19.1 Å². The molecule has 11 heteroatoms. The van der Waals surface area contributed by atoms with Crippen molar-refractivity contribution < 1.29 is 48.0 Å². The Morgan fingerprint density at radius 2 is 1.79 bits per heavy atom. The number of aryl methyl sites for hydroxylation is 1. The van der Waals surface area contributed by atoms with E-state index >= 15 is 0 Å². The van der Waals surface area contributed by atoms with E-state index in [4.69, 9.17) is 23.7 Å². The third-order valence-electron chi connectivity index (χ3n) is 8.86. The SMILES string of the molecule is C=CCOC(=O)OC(C)C1C(=O)N2C(C(=O)OCC=C)=C(COc3cccc4c3-c3ccc(CCCO)cc3/C4=C/C(=O)OC)[C@H](C)C12. The second kappa shape index (κ2) is 14.7. The minimum absolute atomic E-state index is 0.0308. The molecular weight excluding hydrogens is 618 g/mol. The van der Waals surface area contributed by atoms with Crippen LogP contribution in [0.15, 0.2) is 79.1 Å². The van der Waals surface area contributed by atoms with Crippen LogP contribution in [0, 0.1) is 11.8 Å². The fraction of sp³-hybridized carbons (Fsp3) is 0.351. The van der Waals surface area contributed by atoms with Crippen LogP contribution in [-0.4, -0.2) is 79.7 Å². The summed E-state index contributed by atoms with van der Waals surface area (Å²) in [6.45, 7) is 10.6. The Hall–Kier alpha value is -5.16. The van der Waals surface area contributed by atoms with Crippen molar-refractivity contribution in [2.24, 2.45) is 11.8 Å². The Balaban J connectivity index is 1.47. The van der Waals surface area contributed by atoms with E-state index in [-0.39, 0.29) is 43.9 Å². The van der Waals surface area contributed by atoms with Gasteiger partial charge in [0.2, 0.25) is 5.91 Å². The minimum atomic E-state index is -0.916. The predicted octanol–water partition coefficient (Wildman–Crippen LogP) is 4.76. The summed E-state index contributed by atoms with van der Waals surface area (Å²) >= 11 is 0. The maximum Gasteiger partial charge on any atom is 0.508 e. The molecule has 1 fully saturated rings. The summed E-state index contributed by atoms with van der Waals surface area (Å²) in [5.41, 5.74) is 5.60. The number of aliphatic hydroxyl groups excluding tert-OH is 1. The molecule has 1 saturated heterocycles. The maximum atomic E-state index is 13.5. The van der Waals surface area contributed by atoms with Gasteiger partial charge in [-0.3, -0.25) is 4.79 Å². The summed E-state index contributed by atoms with van der Waals surface area (Å²) in [6, 6.07) is 11.0. The maximum absolute atomic E-state index is 13.5. The average molecular weight is 658 g/mol. The number of nitrogens with zero attached hydrogens (tertiary/aromatic N) is 1. The first-order valence-electron chi connectivity index (χ1n) is 15.8. The Kier molecular flexibility index (Phi) is 10.5. The number of ether oxygens (including phenoxy) is 5. The van der Waals surface area contributed by atoms with Crippen LogP contribution >= 0.6 is 0 Å². The molecule has 1 N–H and O–H groups in total. The number of carbonyl (C=O) groups excluding carboxylic acids is 4. The number of benzene rings is 2. The molecule has 0 aromatic heterocycles. The molecule has 0 saturated carbocycles. The van der Waals surface area contributed by atoms with Gasteiger partial charge >= 0.3 is 18.1 Å². The molecule has 48 heavy (non-hydrogen) atoms. The van der Waals surface area contributed by atoms with Gasteiger partial charge in [0.1, 0.15) is 37.4 Å². The Morgan fingerprint density at radius 1 is 1.04 bits per heavy atom. The second-order valence-electron chi connectivity index (χ2n) is 11.7. The van der Waals surface area contributed by atoms with Gasteiger partial charge in [-0.2, -0.15) is 0 Å². The number of fused-ring (bicyclic) bond motifs is 4. The first-order valence-corrected chi connectivity index (χ1v) is 15.8. The number of esters is 2. The molecule has 1 aliphatic carbocycles. The molecule has 2 aromatic rings. The number of hydrogen-bond donors (Lipinski definition) is 1. The molecule has 0 bridgehead atoms. The van der Waals surface area contributed by atoms with E-state index in [0.717, 1.165) is 27.8 Å². The van der Waals surface area contributed by atoms with Crippen LogP contribution in [0.1, 0.15) is 37.0 Å². The van der Waals surface area contributed by atoms with Crippen molar-refractivity contribution in [1.82, 2.24) is 4.90 Å². The Bertz CT molecular complexity index is 1710. The highest BCUT2D eigenvalue weighted by Crippen LogP contribution is 2.51. The van der Waals surface area contributed by atoms with Crippen LogP contribution < -0.4 is 4.74 Å². The highest BCUT2D eigenvalue weighted by Gasteiger charge is 2.61. The first-order chi connectivity index (χ1) is 23.2. The molecule has 4 atom stereocenters. The molecule has 2 aliphatic heterocycles. The van der Waals surface area contributed by atoms with E-state index in [9.17, 15) is 24.3 Å². The van der Waals surface area contributed by atoms with E-state index < -0.39 is 36.2 Å². The standard InChI is InChI=1S/C37H39NO10/c1-6-16-45-36(42)34-28(21(3)33-31(35(41)38(33)34)22(4)48-37(43)46-17-7-2)20-47-29-12-8-11-24-27(19-30(40)44-5)26-18-23(10-9-15-39)13-14-25(26)32(24)29/h6-8,11-14,18-19,21-22,31,33,39H,1-2,9-10,15-17,20H2,3-5H3/b27-19+/t21-,22?,31?,33?/m0/s1. The van der Waals surface area contributed by atoms with Crippen LogP contribution in [0.25, 0.3) is 16.7 Å². The van der Waals surface area contributed by atoms with Crippen LogP contribution in [0.5, 0.6) is 5.75 Å². The topological polar surface area (TPSA) is 138 Å². The number of aliphatic hydroxyl groups is 1. The molecule has 1 amide bonds. The predicted molar refractivity (Wildman–Crippen MR) is 175 cm³/mol. The number of amides is 1. The summed E-state index contributed by atoms with van der Waals surface area (Å²) in [5, 5.41) is 9.35. The van der Waals surface area contributed by atoms with Crippen LogP contribution in [-0.2, 0) is 39.8 Å². The van der Waals surface area contributed by atoms with Gasteiger partial charge in [-0.15, -0.1) is 0 Å². The van der Waals surface area contributed by atoms with Gasteiger partial charge < -0.3 is 33.7 Å². The van der Waals surface area contributed by atoms with Crippen molar-refractivity contribution in [3.05, 3.63) is 95.7 Å². The van der Waals surface area contributed by atoms with Crippen molar-refractivity contribution in [3.8, 4) is 16.9 Å². The molecule has 0 spiro atoms. The lowest BCUT2D eigenvalue weighted by atomic mass is 9.77. The van der Waals surface area contributed by atoms with E-state index in [1.54, 1.807) is 6.92 Å². The lowest BCUT2D eigenvalue weighted by Gasteiger charge is -2.47. The Labute approximate surface area is 279 Å². The smallest absolute Gasteiger partial charge is 0.488 e. The van der Waals surface area contributed by atoms with Crippen molar-refractivity contribution in [3.63, 3.8) is 0 Å². The molecule has 2 aromatic carbocycles. The van der Waals surface area contributed by atoms with E-state index in [1.165, 1.54) is 30.2 Å². The molecule has 0 radical (unpaired) electrons. The van der Waals surface area contributed by atoms with Gasteiger partial charge in [-0.25, -0.2) is 14.4 Å². The number of methoxy groups -OCH3 is 1. The van der Waals surface area contributed by atoms with Gasteiger partial charge in [0.25, 0.3) is 0 Å². The number of rotatable bonds is 14. The number of hydrogen-bond acceptors (Lipinski definition) is 10. The zero-order valence-electron chi connectivity index (χ0n) is 27.2. The lowest BCUT2D eigenvalue weighted by Crippen LogP contribution is -2.64. The molecule has 3 unspecified atom stereocenters. The Morgan fingerprint density at radius 3 is 2.50 bits per heavy atom. The molecule has 3 aliphatic rings. The first kappa shape index (κ1) is 34.2. The van der Waals surface area contributed by atoms with E-state index in [0.29, 0.717) is 29.7 Å². The van der Waals surface area contributed by atoms with Gasteiger partial charge in [-0.1, -0.05) is 62.6 Å². The monoisotopic (exact) mass is 657 g/mol. The zero-order valence-corrected chi connectivity index (χ0v) is 27.2. The fourth-order valence-electron chi connectivity index (χ4n) is 6.66. The quantitative estimate of drug-likeness (QED) is 0.0849. The highest BCUT2D eigenvalue weighted by molar-refractivity contribution is 6.08. The van der Waals surface area contributed by atoms with E-state index in [1.807, 2.05) is 43.3 Å². The van der Waals surface area contributed by atoms with Crippen molar-refractivity contribution in [1.29, 1.82) is 0 Å². The molecule has 252 valence electrons. The van der Waals surface area contributed by atoms with Crippen LogP contribution in [0.4, 0.5) is 4.79 Å². The molecule has 2 heterocycles. The largest absolute Gasteiger partial charge is 0.508 e. The van der Waals surface area contributed by atoms with Gasteiger partial charge in [0, 0.05) is 29.7 Å². The summed E-state index contributed by atoms with van der Waals surface area (Å²) in [4.78, 5) is 52.8. The molecular formula is C37H39NO10. The summed E-state index contributed by atoms with van der Waals surface area (Å²) in [6.07, 6.45) is 3.84. The van der Waals surface area contributed by atoms with E-state index in [2.05, 4.69) is 13.2 Å². The summed E-state index contributed by atoms with van der Waals surface area (Å²) in [5.74, 6) is -2.10. The fourth-order valence-corrected chi connectivity index (χ4v) is 6.66. The summed E-state index contributed by atoms with van der Waals surface area (Å²) < 4.78 is 27.1. The zero-order chi connectivity index (χ0) is 34.5. The third-order valence-corrected chi connectivity index (χ3v) is 8.86. The lowest BCUT2D eigenvalue weighted by molar-refractivity contribution is -0.164. The van der Waals surface area contributed by atoms with Crippen LogP contribution in [0.3, 0.4) is 0 Å². The number of β-lactam (4-membered cyclic amide) rings is 1. The second-order valence-corrected chi connectivity index (χ2v) is 11.7. The van der Waals surface area contributed by atoms with Crippen molar-refractivity contribution >= 4 is 29.6 Å². The normalized spacial score (nSPS) is 20.2.